The van der Waals surface area contributed by atoms with Crippen LogP contribution in [0.1, 0.15) is 11.6 Å². The summed E-state index contributed by atoms with van der Waals surface area (Å²) in [4.78, 5) is 0. The van der Waals surface area contributed by atoms with Crippen LogP contribution in [-0.2, 0) is 0 Å². The second-order valence-corrected chi connectivity index (χ2v) is 2.59. The van der Waals surface area contributed by atoms with E-state index >= 15 is 0 Å². The first-order valence-corrected chi connectivity index (χ1v) is 3.62. The molecule has 0 saturated heterocycles. The zero-order chi connectivity index (χ0) is 9.14. The molecule has 4 nitrogen and oxygen atoms in total. The highest BCUT2D eigenvalue weighted by Crippen LogP contribution is 2.25. The van der Waals surface area contributed by atoms with Gasteiger partial charge in [0.1, 0.15) is 11.5 Å². The standard InChI is InChI=1S/C8H12N2O2.ClH/c9-4-7(10)6-3-5(11)1-2-8(6)12;/h1-3,7,11-12H,4,9-10H2;1H/t7-;/m0./s1. The third-order valence-corrected chi connectivity index (χ3v) is 1.66. The molecule has 1 rings (SSSR count). The van der Waals surface area contributed by atoms with E-state index < -0.39 is 6.04 Å². The number of rotatable bonds is 2. The highest BCUT2D eigenvalue weighted by molar-refractivity contribution is 5.85. The van der Waals surface area contributed by atoms with E-state index in [0.717, 1.165) is 0 Å². The van der Waals surface area contributed by atoms with Crippen LogP contribution in [0, 0.1) is 0 Å². The quantitative estimate of drug-likeness (QED) is 0.528. The van der Waals surface area contributed by atoms with Crippen molar-refractivity contribution in [3.63, 3.8) is 0 Å². The largest absolute Gasteiger partial charge is 0.508 e. The molecule has 5 heteroatoms. The average Bonchev–Trinajstić information content (AvgIpc) is 2.08. The van der Waals surface area contributed by atoms with Crippen molar-refractivity contribution in [2.45, 2.75) is 6.04 Å². The van der Waals surface area contributed by atoms with Gasteiger partial charge >= 0.3 is 0 Å². The number of hydrogen-bond donors (Lipinski definition) is 4. The first-order valence-electron chi connectivity index (χ1n) is 3.62. The summed E-state index contributed by atoms with van der Waals surface area (Å²) in [5.74, 6) is 0.137. The second kappa shape index (κ2) is 4.91. The smallest absolute Gasteiger partial charge is 0.120 e. The minimum Gasteiger partial charge on any atom is -0.508 e. The summed E-state index contributed by atoms with van der Waals surface area (Å²) in [5.41, 5.74) is 11.3. The molecule has 1 aromatic carbocycles. The van der Waals surface area contributed by atoms with E-state index in [1.54, 1.807) is 0 Å². The van der Waals surface area contributed by atoms with Crippen LogP contribution in [0.2, 0.25) is 0 Å². The summed E-state index contributed by atoms with van der Waals surface area (Å²) < 4.78 is 0. The number of halogens is 1. The maximum atomic E-state index is 9.29. The molecule has 6 N–H and O–H groups in total. The highest BCUT2D eigenvalue weighted by Gasteiger charge is 2.09. The molecule has 0 heterocycles. The monoisotopic (exact) mass is 204 g/mol. The SMILES string of the molecule is Cl.NC[C@H](N)c1cc(O)ccc1O. The van der Waals surface area contributed by atoms with Gasteiger partial charge in [-0.1, -0.05) is 0 Å². The Morgan fingerprint density at radius 1 is 1.31 bits per heavy atom. The Hall–Kier alpha value is -0.970. The first kappa shape index (κ1) is 12.0. The zero-order valence-corrected chi connectivity index (χ0v) is 7.79. The number of phenols is 2. The predicted octanol–water partition coefficient (Wildman–Crippen LogP) is 0.478. The van der Waals surface area contributed by atoms with E-state index in [4.69, 9.17) is 16.6 Å². The maximum Gasteiger partial charge on any atom is 0.120 e. The molecule has 0 amide bonds. The van der Waals surface area contributed by atoms with Gasteiger partial charge in [0, 0.05) is 18.2 Å². The van der Waals surface area contributed by atoms with Gasteiger partial charge in [-0.3, -0.25) is 0 Å². The van der Waals surface area contributed by atoms with Crippen molar-refractivity contribution in [2.24, 2.45) is 11.5 Å². The van der Waals surface area contributed by atoms with Crippen LogP contribution in [-0.4, -0.2) is 16.8 Å². The summed E-state index contributed by atoms with van der Waals surface area (Å²) in [6, 6.07) is 3.76. The van der Waals surface area contributed by atoms with E-state index in [9.17, 15) is 5.11 Å². The molecule has 0 aliphatic rings. The van der Waals surface area contributed by atoms with Gasteiger partial charge in [-0.15, -0.1) is 12.4 Å². The van der Waals surface area contributed by atoms with E-state index in [0.29, 0.717) is 5.56 Å². The number of nitrogens with two attached hydrogens (primary N) is 2. The Bertz CT molecular complexity index is 281. The highest BCUT2D eigenvalue weighted by atomic mass is 35.5. The van der Waals surface area contributed by atoms with E-state index in [1.165, 1.54) is 18.2 Å². The van der Waals surface area contributed by atoms with Crippen molar-refractivity contribution in [3.05, 3.63) is 23.8 Å². The van der Waals surface area contributed by atoms with Crippen LogP contribution < -0.4 is 11.5 Å². The number of hydrogen-bond acceptors (Lipinski definition) is 4. The van der Waals surface area contributed by atoms with Crippen LogP contribution in [0.5, 0.6) is 11.5 Å². The summed E-state index contributed by atoms with van der Waals surface area (Å²) in [7, 11) is 0. The zero-order valence-electron chi connectivity index (χ0n) is 6.97. The number of benzene rings is 1. The topological polar surface area (TPSA) is 92.5 Å². The van der Waals surface area contributed by atoms with Crippen molar-refractivity contribution in [2.75, 3.05) is 6.54 Å². The molecular weight excluding hydrogens is 192 g/mol. The normalized spacial score (nSPS) is 11.8. The molecular formula is C8H13ClN2O2. The van der Waals surface area contributed by atoms with E-state index in [2.05, 4.69) is 0 Å². The Morgan fingerprint density at radius 3 is 2.46 bits per heavy atom. The van der Waals surface area contributed by atoms with Gasteiger partial charge in [0.2, 0.25) is 0 Å². The van der Waals surface area contributed by atoms with Crippen molar-refractivity contribution in [1.82, 2.24) is 0 Å². The van der Waals surface area contributed by atoms with Crippen molar-refractivity contribution < 1.29 is 10.2 Å². The minimum atomic E-state index is -0.433. The lowest BCUT2D eigenvalue weighted by Gasteiger charge is -2.10. The molecule has 0 saturated carbocycles. The third kappa shape index (κ3) is 2.77. The fourth-order valence-electron chi connectivity index (χ4n) is 0.966. The Balaban J connectivity index is 0.00000144. The first-order chi connectivity index (χ1) is 5.65. The molecule has 0 unspecified atom stereocenters. The van der Waals surface area contributed by atoms with Gasteiger partial charge in [0.25, 0.3) is 0 Å². The van der Waals surface area contributed by atoms with Gasteiger partial charge < -0.3 is 21.7 Å². The van der Waals surface area contributed by atoms with Crippen LogP contribution >= 0.6 is 12.4 Å². The van der Waals surface area contributed by atoms with Crippen molar-refractivity contribution in [3.8, 4) is 11.5 Å². The fraction of sp³-hybridized carbons (Fsp3) is 0.250. The van der Waals surface area contributed by atoms with Gasteiger partial charge in [-0.2, -0.15) is 0 Å². The minimum absolute atomic E-state index is 0. The van der Waals surface area contributed by atoms with Crippen LogP contribution in [0.4, 0.5) is 0 Å². The number of aromatic hydroxyl groups is 2. The van der Waals surface area contributed by atoms with E-state index in [-0.39, 0.29) is 30.5 Å². The lowest BCUT2D eigenvalue weighted by molar-refractivity contribution is 0.449. The van der Waals surface area contributed by atoms with E-state index in [1.807, 2.05) is 0 Å². The second-order valence-electron chi connectivity index (χ2n) is 2.59. The lowest BCUT2D eigenvalue weighted by atomic mass is 10.1. The van der Waals surface area contributed by atoms with Gasteiger partial charge in [0.15, 0.2) is 0 Å². The molecule has 0 fully saturated rings. The summed E-state index contributed by atoms with van der Waals surface area (Å²) in [5, 5.41) is 18.4. The molecule has 1 atom stereocenters. The summed E-state index contributed by atoms with van der Waals surface area (Å²) in [6.45, 7) is 0.233. The van der Waals surface area contributed by atoms with Gasteiger partial charge in [-0.05, 0) is 18.2 Å². The fourth-order valence-corrected chi connectivity index (χ4v) is 0.966. The Kier molecular flexibility index (Phi) is 4.55. The Labute approximate surface area is 82.6 Å². The maximum absolute atomic E-state index is 9.29. The third-order valence-electron chi connectivity index (χ3n) is 1.66. The molecule has 13 heavy (non-hydrogen) atoms. The molecule has 0 aliphatic carbocycles. The molecule has 0 aliphatic heterocycles. The van der Waals surface area contributed by atoms with Crippen molar-refractivity contribution >= 4 is 12.4 Å². The van der Waals surface area contributed by atoms with Crippen molar-refractivity contribution in [1.29, 1.82) is 0 Å². The van der Waals surface area contributed by atoms with Gasteiger partial charge in [-0.25, -0.2) is 0 Å². The molecule has 74 valence electrons. The summed E-state index contributed by atoms with van der Waals surface area (Å²) >= 11 is 0. The Morgan fingerprint density at radius 2 is 1.92 bits per heavy atom. The molecule has 0 radical (unpaired) electrons. The lowest BCUT2D eigenvalue weighted by Crippen LogP contribution is -2.20. The number of phenolic OH excluding ortho intramolecular Hbond substituents is 2. The molecule has 0 aromatic heterocycles. The predicted molar refractivity (Wildman–Crippen MR) is 53.0 cm³/mol. The van der Waals surface area contributed by atoms with Gasteiger partial charge in [0.05, 0.1) is 0 Å². The molecule has 0 bridgehead atoms. The van der Waals surface area contributed by atoms with Crippen LogP contribution in [0.3, 0.4) is 0 Å². The summed E-state index contributed by atoms with van der Waals surface area (Å²) in [6.07, 6.45) is 0. The van der Waals surface area contributed by atoms with Crippen LogP contribution in [0.15, 0.2) is 18.2 Å². The average molecular weight is 205 g/mol. The molecule has 1 aromatic rings. The molecule has 0 spiro atoms. The van der Waals surface area contributed by atoms with Crippen LogP contribution in [0.25, 0.3) is 0 Å².